The molecule has 2 nitrogen and oxygen atoms in total. The van der Waals surface area contributed by atoms with Crippen LogP contribution in [0.3, 0.4) is 0 Å². The number of hydrogen-bond donors (Lipinski definition) is 1. The third-order valence-corrected chi connectivity index (χ3v) is 5.26. The van der Waals surface area contributed by atoms with Gasteiger partial charge in [-0.15, -0.1) is 0 Å². The van der Waals surface area contributed by atoms with E-state index < -0.39 is 8.69 Å². The Balaban J connectivity index is 0.000000526. The summed E-state index contributed by atoms with van der Waals surface area (Å²) in [5.74, 6) is 0. The Hall–Kier alpha value is -2.11. The molecule has 0 atom stereocenters. The van der Waals surface area contributed by atoms with Gasteiger partial charge in [-0.2, -0.15) is 0 Å². The Bertz CT molecular complexity index is 895. The summed E-state index contributed by atoms with van der Waals surface area (Å²) < 4.78 is 8.46. The molecular weight excluding hydrogens is 334 g/mol. The minimum absolute atomic E-state index is 0.684. The molecule has 4 heteroatoms. The largest absolute Gasteiger partial charge is 0.324 e. The zero-order chi connectivity index (χ0) is 16.8. The van der Waals surface area contributed by atoms with Crippen LogP contribution in [0.2, 0.25) is 0 Å². The van der Waals surface area contributed by atoms with E-state index in [2.05, 4.69) is 84.9 Å². The summed E-state index contributed by atoms with van der Waals surface area (Å²) in [4.78, 5) is 6.99. The SMILES string of the molecule is O=PO.c1ccc2c(Pc3cccc4ccccc34)cccc2c1. The fourth-order valence-electron chi connectivity index (χ4n) is 2.81. The lowest BCUT2D eigenvalue weighted by atomic mass is 10.1. The highest BCUT2D eigenvalue weighted by Crippen LogP contribution is 2.23. The summed E-state index contributed by atoms with van der Waals surface area (Å²) in [6.07, 6.45) is 0. The standard InChI is InChI=1S/C20H15P.HO2P/c1-3-11-17-15(7-1)9-5-13-19(17)21-20-14-6-10-16-8-2-4-12-18(16)20;1-3-2/h1-14,21H;(H,1,2). The first-order valence-corrected chi connectivity index (χ1v) is 9.29. The third kappa shape index (κ3) is 3.68. The third-order valence-electron chi connectivity index (χ3n) is 3.85. The molecule has 0 amide bonds. The summed E-state index contributed by atoms with van der Waals surface area (Å²) in [6.45, 7) is 0. The van der Waals surface area contributed by atoms with E-state index in [1.165, 1.54) is 32.2 Å². The average Bonchev–Trinajstić information content (AvgIpc) is 2.63. The molecule has 0 spiro atoms. The number of hydrogen-bond acceptors (Lipinski definition) is 1. The van der Waals surface area contributed by atoms with Crippen LogP contribution in [0.5, 0.6) is 0 Å². The molecular formula is C20H16O2P2. The molecule has 0 aliphatic rings. The average molecular weight is 350 g/mol. The number of rotatable bonds is 2. The van der Waals surface area contributed by atoms with Crippen molar-refractivity contribution in [3.63, 3.8) is 0 Å². The van der Waals surface area contributed by atoms with E-state index in [0.29, 0.717) is 8.58 Å². The minimum atomic E-state index is -0.833. The van der Waals surface area contributed by atoms with E-state index in [0.717, 1.165) is 0 Å². The van der Waals surface area contributed by atoms with Gasteiger partial charge in [0.15, 0.2) is 0 Å². The molecule has 1 N–H and O–H groups in total. The van der Waals surface area contributed by atoms with Crippen LogP contribution in [0.15, 0.2) is 84.9 Å². The van der Waals surface area contributed by atoms with Crippen LogP contribution in [0, 0.1) is 0 Å². The maximum atomic E-state index is 8.46. The van der Waals surface area contributed by atoms with Gasteiger partial charge in [0.25, 0.3) is 0 Å². The van der Waals surface area contributed by atoms with Crippen LogP contribution in [0.1, 0.15) is 0 Å². The second kappa shape index (κ2) is 8.13. The predicted molar refractivity (Wildman–Crippen MR) is 105 cm³/mol. The van der Waals surface area contributed by atoms with Crippen LogP contribution in [-0.2, 0) is 4.57 Å². The molecule has 0 saturated heterocycles. The summed E-state index contributed by atoms with van der Waals surface area (Å²) in [7, 11) is -0.149. The molecule has 0 aliphatic carbocycles. The Labute approximate surface area is 144 Å². The molecule has 4 aromatic carbocycles. The van der Waals surface area contributed by atoms with Gasteiger partial charge in [-0.3, -0.25) is 0 Å². The van der Waals surface area contributed by atoms with E-state index in [-0.39, 0.29) is 0 Å². The summed E-state index contributed by atoms with van der Waals surface area (Å²) in [5, 5.41) is 8.22. The van der Waals surface area contributed by atoms with Crippen molar-refractivity contribution in [2.75, 3.05) is 0 Å². The highest BCUT2D eigenvalue weighted by Gasteiger charge is 2.04. The van der Waals surface area contributed by atoms with E-state index in [4.69, 9.17) is 9.46 Å². The minimum Gasteiger partial charge on any atom is -0.310 e. The Kier molecular flexibility index (Phi) is 5.67. The lowest BCUT2D eigenvalue weighted by molar-refractivity contribution is 0.524. The van der Waals surface area contributed by atoms with Gasteiger partial charge in [0.1, 0.15) is 0 Å². The van der Waals surface area contributed by atoms with Crippen molar-refractivity contribution in [1.82, 2.24) is 0 Å². The predicted octanol–water partition coefficient (Wildman–Crippen LogP) is 4.81. The first-order valence-electron chi connectivity index (χ1n) is 7.53. The van der Waals surface area contributed by atoms with Gasteiger partial charge >= 0.3 is 8.69 Å². The normalized spacial score (nSPS) is 10.5. The van der Waals surface area contributed by atoms with Crippen molar-refractivity contribution in [3.8, 4) is 0 Å². The maximum absolute atomic E-state index is 8.46. The van der Waals surface area contributed by atoms with Gasteiger partial charge < -0.3 is 4.89 Å². The summed E-state index contributed by atoms with van der Waals surface area (Å²) in [6, 6.07) is 30.5. The van der Waals surface area contributed by atoms with Crippen molar-refractivity contribution in [1.29, 1.82) is 0 Å². The monoisotopic (exact) mass is 350 g/mol. The number of fused-ring (bicyclic) bond motifs is 2. The molecule has 0 radical (unpaired) electrons. The summed E-state index contributed by atoms with van der Waals surface area (Å²) in [5.41, 5.74) is 0. The van der Waals surface area contributed by atoms with Gasteiger partial charge in [0, 0.05) is 0 Å². The van der Waals surface area contributed by atoms with Crippen LogP contribution in [0.25, 0.3) is 21.5 Å². The number of benzene rings is 4. The van der Waals surface area contributed by atoms with Crippen LogP contribution in [0.4, 0.5) is 0 Å². The molecule has 4 aromatic rings. The fourth-order valence-corrected chi connectivity index (χ4v) is 4.19. The zero-order valence-corrected chi connectivity index (χ0v) is 14.8. The highest BCUT2D eigenvalue weighted by molar-refractivity contribution is 7.56. The lowest BCUT2D eigenvalue weighted by Gasteiger charge is -2.09. The Morgan fingerprint density at radius 1 is 0.625 bits per heavy atom. The molecule has 118 valence electrons. The molecule has 0 aromatic heterocycles. The lowest BCUT2D eigenvalue weighted by Crippen LogP contribution is -2.05. The molecule has 24 heavy (non-hydrogen) atoms. The van der Waals surface area contributed by atoms with Crippen LogP contribution < -0.4 is 10.6 Å². The van der Waals surface area contributed by atoms with Crippen molar-refractivity contribution in [3.05, 3.63) is 84.9 Å². The van der Waals surface area contributed by atoms with E-state index in [1.54, 1.807) is 0 Å². The molecule has 0 saturated carbocycles. The molecule has 0 aliphatic heterocycles. The quantitative estimate of drug-likeness (QED) is 0.527. The second-order valence-corrected chi connectivity index (χ2v) is 6.75. The molecule has 0 bridgehead atoms. The van der Waals surface area contributed by atoms with Crippen molar-refractivity contribution in [2.24, 2.45) is 0 Å². The van der Waals surface area contributed by atoms with Gasteiger partial charge in [-0.05, 0) is 32.2 Å². The first-order chi connectivity index (χ1) is 11.8. The second-order valence-electron chi connectivity index (χ2n) is 5.26. The van der Waals surface area contributed by atoms with E-state index in [1.807, 2.05) is 0 Å². The first kappa shape index (κ1) is 16.7. The van der Waals surface area contributed by atoms with Gasteiger partial charge in [0.2, 0.25) is 0 Å². The van der Waals surface area contributed by atoms with Gasteiger partial charge in [-0.1, -0.05) is 93.5 Å². The Morgan fingerprint density at radius 3 is 1.46 bits per heavy atom. The zero-order valence-electron chi connectivity index (χ0n) is 12.9. The van der Waals surface area contributed by atoms with Crippen molar-refractivity contribution < 1.29 is 9.46 Å². The van der Waals surface area contributed by atoms with E-state index >= 15 is 0 Å². The molecule has 0 heterocycles. The maximum Gasteiger partial charge on any atom is 0.324 e. The molecule has 0 fully saturated rings. The van der Waals surface area contributed by atoms with E-state index in [9.17, 15) is 0 Å². The molecule has 4 rings (SSSR count). The van der Waals surface area contributed by atoms with Gasteiger partial charge in [0.05, 0.1) is 0 Å². The van der Waals surface area contributed by atoms with Crippen molar-refractivity contribution in [2.45, 2.75) is 0 Å². The Morgan fingerprint density at radius 2 is 1.00 bits per heavy atom. The molecule has 0 unspecified atom stereocenters. The highest BCUT2D eigenvalue weighted by atomic mass is 31.1. The van der Waals surface area contributed by atoms with Crippen LogP contribution in [-0.4, -0.2) is 4.89 Å². The van der Waals surface area contributed by atoms with Crippen LogP contribution >= 0.6 is 17.3 Å². The topological polar surface area (TPSA) is 37.3 Å². The smallest absolute Gasteiger partial charge is 0.310 e. The summed E-state index contributed by atoms with van der Waals surface area (Å²) >= 11 is 0. The van der Waals surface area contributed by atoms with Gasteiger partial charge in [-0.25, -0.2) is 4.57 Å². The fraction of sp³-hybridized carbons (Fsp3) is 0. The van der Waals surface area contributed by atoms with Crippen molar-refractivity contribution >= 4 is 49.4 Å².